The number of aliphatic hydroxyl groups excluding tert-OH is 1. The van der Waals surface area contributed by atoms with Crippen molar-refractivity contribution in [3.8, 4) is 5.75 Å². The maximum atomic E-state index is 11.2. The van der Waals surface area contributed by atoms with Crippen molar-refractivity contribution in [3.63, 3.8) is 0 Å². The highest BCUT2D eigenvalue weighted by molar-refractivity contribution is 5.91. The number of benzene rings is 1. The molecule has 5 nitrogen and oxygen atoms in total. The molecule has 1 amide bonds. The molecule has 5 heteroatoms. The maximum Gasteiger partial charge on any atom is 0.221 e. The van der Waals surface area contributed by atoms with Crippen molar-refractivity contribution in [1.29, 1.82) is 0 Å². The van der Waals surface area contributed by atoms with Crippen LogP contribution in [-0.2, 0) is 4.79 Å². The number of ether oxygens (including phenoxy) is 1. The minimum atomic E-state index is -0.697. The third kappa shape index (κ3) is 3.44. The molecule has 3 N–H and O–H groups in total. The molecule has 0 saturated carbocycles. The van der Waals surface area contributed by atoms with Crippen molar-refractivity contribution >= 4 is 11.6 Å². The highest BCUT2D eigenvalue weighted by Crippen LogP contribution is 2.32. The monoisotopic (exact) mass is 238 g/mol. The predicted molar refractivity (Wildman–Crippen MR) is 66.2 cm³/mol. The second-order valence-electron chi connectivity index (χ2n) is 3.68. The van der Waals surface area contributed by atoms with Gasteiger partial charge in [-0.05, 0) is 13.1 Å². The van der Waals surface area contributed by atoms with Gasteiger partial charge in [-0.3, -0.25) is 4.79 Å². The van der Waals surface area contributed by atoms with Gasteiger partial charge in [-0.15, -0.1) is 0 Å². The van der Waals surface area contributed by atoms with E-state index in [1.165, 1.54) is 14.0 Å². The lowest BCUT2D eigenvalue weighted by molar-refractivity contribution is -0.114. The largest absolute Gasteiger partial charge is 0.495 e. The summed E-state index contributed by atoms with van der Waals surface area (Å²) in [4.78, 5) is 11.2. The zero-order valence-corrected chi connectivity index (χ0v) is 10.3. The van der Waals surface area contributed by atoms with Crippen molar-refractivity contribution < 1.29 is 14.6 Å². The number of aliphatic hydroxyl groups is 1. The fourth-order valence-electron chi connectivity index (χ4n) is 1.61. The van der Waals surface area contributed by atoms with Gasteiger partial charge in [0.1, 0.15) is 5.75 Å². The van der Waals surface area contributed by atoms with Crippen LogP contribution in [0.5, 0.6) is 5.75 Å². The first-order chi connectivity index (χ1) is 8.10. The van der Waals surface area contributed by atoms with Gasteiger partial charge < -0.3 is 20.5 Å². The summed E-state index contributed by atoms with van der Waals surface area (Å²) < 4.78 is 5.17. The Morgan fingerprint density at radius 3 is 2.76 bits per heavy atom. The quantitative estimate of drug-likeness (QED) is 0.713. The van der Waals surface area contributed by atoms with Gasteiger partial charge in [0.05, 0.1) is 18.9 Å². The fourth-order valence-corrected chi connectivity index (χ4v) is 1.61. The summed E-state index contributed by atoms with van der Waals surface area (Å²) in [6.45, 7) is 1.82. The summed E-state index contributed by atoms with van der Waals surface area (Å²) in [7, 11) is 3.27. The van der Waals surface area contributed by atoms with Gasteiger partial charge in [0.15, 0.2) is 0 Å². The zero-order valence-electron chi connectivity index (χ0n) is 10.3. The lowest BCUT2D eigenvalue weighted by Gasteiger charge is -2.18. The first kappa shape index (κ1) is 13.5. The first-order valence-electron chi connectivity index (χ1n) is 5.37. The molecule has 1 aromatic carbocycles. The summed E-state index contributed by atoms with van der Waals surface area (Å²) in [6.07, 6.45) is -0.697. The van der Waals surface area contributed by atoms with E-state index in [4.69, 9.17) is 4.74 Å². The summed E-state index contributed by atoms with van der Waals surface area (Å²) in [5, 5.41) is 15.5. The maximum absolute atomic E-state index is 11.2. The van der Waals surface area contributed by atoms with Gasteiger partial charge in [-0.25, -0.2) is 0 Å². The minimum Gasteiger partial charge on any atom is -0.495 e. The number of anilines is 1. The second-order valence-corrected chi connectivity index (χ2v) is 3.68. The van der Waals surface area contributed by atoms with Crippen LogP contribution >= 0.6 is 0 Å². The van der Waals surface area contributed by atoms with Crippen molar-refractivity contribution in [2.75, 3.05) is 26.0 Å². The fraction of sp³-hybridized carbons (Fsp3) is 0.417. The Morgan fingerprint density at radius 1 is 1.53 bits per heavy atom. The van der Waals surface area contributed by atoms with E-state index in [0.29, 0.717) is 23.5 Å². The van der Waals surface area contributed by atoms with E-state index in [2.05, 4.69) is 10.6 Å². The van der Waals surface area contributed by atoms with E-state index in [1.54, 1.807) is 25.2 Å². The molecule has 1 unspecified atom stereocenters. The molecule has 0 radical (unpaired) electrons. The molecule has 0 aliphatic rings. The molecule has 1 aromatic rings. The van der Waals surface area contributed by atoms with Crippen LogP contribution in [0, 0.1) is 0 Å². The molecule has 0 bridgehead atoms. The Morgan fingerprint density at radius 2 is 2.24 bits per heavy atom. The number of likely N-dealkylation sites (N-methyl/N-ethyl adjacent to an activating group) is 1. The lowest BCUT2D eigenvalue weighted by Crippen LogP contribution is -2.19. The van der Waals surface area contributed by atoms with Gasteiger partial charge in [0, 0.05) is 19.0 Å². The molecule has 0 aliphatic heterocycles. The Balaban J connectivity index is 3.13. The second kappa shape index (κ2) is 6.22. The zero-order chi connectivity index (χ0) is 12.8. The Hall–Kier alpha value is -1.59. The number of hydrogen-bond donors (Lipinski definition) is 3. The Kier molecular flexibility index (Phi) is 4.93. The number of amides is 1. The SMILES string of the molecule is CNCC(O)c1cccc(OC)c1NC(C)=O. The van der Waals surface area contributed by atoms with Crippen LogP contribution in [0.2, 0.25) is 0 Å². The molecule has 0 saturated heterocycles. The molecular weight excluding hydrogens is 220 g/mol. The van der Waals surface area contributed by atoms with Crippen LogP contribution in [0.25, 0.3) is 0 Å². The average molecular weight is 238 g/mol. The van der Waals surface area contributed by atoms with Crippen molar-refractivity contribution in [2.45, 2.75) is 13.0 Å². The first-order valence-corrected chi connectivity index (χ1v) is 5.37. The normalized spacial score (nSPS) is 12.0. The number of hydrogen-bond acceptors (Lipinski definition) is 4. The molecule has 0 heterocycles. The molecular formula is C12H18N2O3. The Labute approximate surface area is 101 Å². The lowest BCUT2D eigenvalue weighted by atomic mass is 10.1. The van der Waals surface area contributed by atoms with E-state index < -0.39 is 6.10 Å². The molecule has 94 valence electrons. The molecule has 1 rings (SSSR count). The van der Waals surface area contributed by atoms with Crippen molar-refractivity contribution in [3.05, 3.63) is 23.8 Å². The van der Waals surface area contributed by atoms with Crippen molar-refractivity contribution in [2.24, 2.45) is 0 Å². The summed E-state index contributed by atoms with van der Waals surface area (Å²) in [5.74, 6) is 0.334. The van der Waals surface area contributed by atoms with Gasteiger partial charge in [0.25, 0.3) is 0 Å². The number of methoxy groups -OCH3 is 1. The molecule has 0 spiro atoms. The molecule has 1 atom stereocenters. The van der Waals surface area contributed by atoms with Crippen molar-refractivity contribution in [1.82, 2.24) is 5.32 Å². The van der Waals surface area contributed by atoms with E-state index in [-0.39, 0.29) is 5.91 Å². The number of para-hydroxylation sites is 1. The van der Waals surface area contributed by atoms with E-state index >= 15 is 0 Å². The molecule has 17 heavy (non-hydrogen) atoms. The molecule has 0 fully saturated rings. The summed E-state index contributed by atoms with van der Waals surface area (Å²) in [6, 6.07) is 5.27. The van der Waals surface area contributed by atoms with Crippen LogP contribution in [-0.4, -0.2) is 31.7 Å². The third-order valence-corrected chi connectivity index (χ3v) is 2.34. The van der Waals surface area contributed by atoms with E-state index in [1.807, 2.05) is 0 Å². The topological polar surface area (TPSA) is 70.6 Å². The minimum absolute atomic E-state index is 0.201. The van der Waals surface area contributed by atoms with Gasteiger partial charge in [0.2, 0.25) is 5.91 Å². The van der Waals surface area contributed by atoms with Crippen LogP contribution < -0.4 is 15.4 Å². The number of rotatable bonds is 5. The molecule has 0 aromatic heterocycles. The van der Waals surface area contributed by atoms with E-state index in [0.717, 1.165) is 0 Å². The highest BCUT2D eigenvalue weighted by atomic mass is 16.5. The summed E-state index contributed by atoms with van der Waals surface area (Å²) in [5.41, 5.74) is 1.15. The Bertz CT molecular complexity index is 393. The van der Waals surface area contributed by atoms with E-state index in [9.17, 15) is 9.90 Å². The van der Waals surface area contributed by atoms with Crippen LogP contribution in [0.3, 0.4) is 0 Å². The van der Waals surface area contributed by atoms with Crippen LogP contribution in [0.4, 0.5) is 5.69 Å². The number of carbonyl (C=O) groups is 1. The summed E-state index contributed by atoms with van der Waals surface area (Å²) >= 11 is 0. The van der Waals surface area contributed by atoms with Gasteiger partial charge >= 0.3 is 0 Å². The van der Waals surface area contributed by atoms with Crippen LogP contribution in [0.15, 0.2) is 18.2 Å². The number of nitrogens with one attached hydrogen (secondary N) is 2. The smallest absolute Gasteiger partial charge is 0.221 e. The van der Waals surface area contributed by atoms with Gasteiger partial charge in [-0.2, -0.15) is 0 Å². The third-order valence-electron chi connectivity index (χ3n) is 2.34. The standard InChI is InChI=1S/C12H18N2O3/c1-8(15)14-12-9(10(16)7-13-2)5-4-6-11(12)17-3/h4-6,10,13,16H,7H2,1-3H3,(H,14,15). The molecule has 0 aliphatic carbocycles. The highest BCUT2D eigenvalue weighted by Gasteiger charge is 2.16. The van der Waals surface area contributed by atoms with Crippen LogP contribution in [0.1, 0.15) is 18.6 Å². The number of carbonyl (C=O) groups excluding carboxylic acids is 1. The average Bonchev–Trinajstić information content (AvgIpc) is 2.28. The van der Waals surface area contributed by atoms with Gasteiger partial charge in [-0.1, -0.05) is 12.1 Å². The predicted octanol–water partition coefficient (Wildman–Crippen LogP) is 0.906.